The van der Waals surface area contributed by atoms with E-state index in [1.165, 1.54) is 49.6 Å². The number of hydrogen-bond donors (Lipinski definition) is 2. The van der Waals surface area contributed by atoms with Crippen LogP contribution in [-0.2, 0) is 19.6 Å². The van der Waals surface area contributed by atoms with Crippen LogP contribution in [0.5, 0.6) is 0 Å². The first kappa shape index (κ1) is 24.3. The summed E-state index contributed by atoms with van der Waals surface area (Å²) in [5.74, 6) is -0.971. The number of carbonyl (C=O) groups excluding carboxylic acids is 2. The number of carbonyl (C=O) groups is 2. The predicted molar refractivity (Wildman–Crippen MR) is 125 cm³/mol. The third kappa shape index (κ3) is 5.52. The summed E-state index contributed by atoms with van der Waals surface area (Å²) in [6.45, 7) is 5.42. The number of amides is 1. The summed E-state index contributed by atoms with van der Waals surface area (Å²) in [7, 11) is -2.79. The van der Waals surface area contributed by atoms with Crippen molar-refractivity contribution in [3.8, 4) is 0 Å². The first-order valence-corrected chi connectivity index (χ1v) is 11.7. The van der Waals surface area contributed by atoms with Crippen molar-refractivity contribution in [2.75, 3.05) is 17.1 Å². The Morgan fingerprint density at radius 1 is 1.12 bits per heavy atom. The zero-order valence-electron chi connectivity index (χ0n) is 18.4. The number of ether oxygens (including phenoxy) is 1. The molecule has 0 aliphatic rings. The van der Waals surface area contributed by atoms with Crippen LogP contribution < -0.4 is 10.0 Å². The Balaban J connectivity index is 1.76. The van der Waals surface area contributed by atoms with E-state index in [9.17, 15) is 18.0 Å². The Labute approximate surface area is 196 Å². The van der Waals surface area contributed by atoms with Crippen LogP contribution >= 0.6 is 11.6 Å². The summed E-state index contributed by atoms with van der Waals surface area (Å²) in [6.07, 6.45) is 0. The lowest BCUT2D eigenvalue weighted by Gasteiger charge is -2.16. The van der Waals surface area contributed by atoms with Crippen LogP contribution in [0.15, 0.2) is 53.4 Å². The number of halogens is 1. The third-order valence-corrected chi connectivity index (χ3v) is 6.53. The molecule has 3 aromatic rings. The topological polar surface area (TPSA) is 119 Å². The van der Waals surface area contributed by atoms with E-state index in [0.717, 1.165) is 11.4 Å². The molecule has 0 bridgehead atoms. The molecular formula is C22H23ClN4O5S. The molecule has 3 rings (SSSR count). The van der Waals surface area contributed by atoms with Crippen LogP contribution in [0.25, 0.3) is 0 Å². The molecule has 2 N–H and O–H groups in total. The second-order valence-corrected chi connectivity index (χ2v) is 9.45. The first-order valence-electron chi connectivity index (χ1n) is 9.86. The van der Waals surface area contributed by atoms with Crippen molar-refractivity contribution < 1.29 is 22.7 Å². The van der Waals surface area contributed by atoms with Crippen molar-refractivity contribution in [1.82, 2.24) is 9.78 Å². The smallest absolute Gasteiger partial charge is 0.337 e. The largest absolute Gasteiger partial charge is 0.465 e. The molecule has 0 fully saturated rings. The van der Waals surface area contributed by atoms with E-state index in [0.29, 0.717) is 5.69 Å². The van der Waals surface area contributed by atoms with Crippen molar-refractivity contribution in [3.63, 3.8) is 0 Å². The highest BCUT2D eigenvalue weighted by atomic mass is 35.5. The van der Waals surface area contributed by atoms with Crippen LogP contribution in [0.3, 0.4) is 0 Å². The minimum absolute atomic E-state index is 0.105. The fourth-order valence-corrected chi connectivity index (χ4v) is 4.51. The third-order valence-electron chi connectivity index (χ3n) is 4.84. The van der Waals surface area contributed by atoms with Crippen molar-refractivity contribution >= 4 is 44.9 Å². The Morgan fingerprint density at radius 3 is 2.45 bits per heavy atom. The van der Waals surface area contributed by atoms with Gasteiger partial charge in [0, 0.05) is 5.69 Å². The number of aromatic nitrogens is 2. The van der Waals surface area contributed by atoms with Gasteiger partial charge in [-0.2, -0.15) is 5.10 Å². The minimum Gasteiger partial charge on any atom is -0.465 e. The monoisotopic (exact) mass is 490 g/mol. The van der Waals surface area contributed by atoms with Gasteiger partial charge in [0.25, 0.3) is 10.0 Å². The van der Waals surface area contributed by atoms with Crippen molar-refractivity contribution in [3.05, 3.63) is 70.5 Å². The zero-order valence-corrected chi connectivity index (χ0v) is 20.0. The molecule has 9 nitrogen and oxygen atoms in total. The van der Waals surface area contributed by atoms with Crippen molar-refractivity contribution in [2.45, 2.75) is 31.7 Å². The van der Waals surface area contributed by atoms with Gasteiger partial charge in [-0.1, -0.05) is 17.7 Å². The zero-order chi connectivity index (χ0) is 24.3. The molecule has 0 saturated heterocycles. The van der Waals surface area contributed by atoms with Gasteiger partial charge in [0.1, 0.15) is 6.04 Å². The van der Waals surface area contributed by atoms with E-state index < -0.39 is 22.0 Å². The van der Waals surface area contributed by atoms with E-state index in [1.807, 2.05) is 19.9 Å². The molecule has 0 aliphatic heterocycles. The van der Waals surface area contributed by atoms with Crippen LogP contribution in [0.1, 0.15) is 34.7 Å². The average molecular weight is 491 g/mol. The fraction of sp³-hybridized carbons (Fsp3) is 0.227. The summed E-state index contributed by atoms with van der Waals surface area (Å²) >= 11 is 6.29. The maximum absolute atomic E-state index is 12.7. The molecule has 0 unspecified atom stereocenters. The Kier molecular flexibility index (Phi) is 7.09. The van der Waals surface area contributed by atoms with E-state index in [2.05, 4.69) is 19.9 Å². The maximum atomic E-state index is 12.7. The number of methoxy groups -OCH3 is 1. The molecule has 1 heterocycles. The number of esters is 1. The van der Waals surface area contributed by atoms with Crippen molar-refractivity contribution in [1.29, 1.82) is 0 Å². The molecule has 1 amide bonds. The molecule has 174 valence electrons. The van der Waals surface area contributed by atoms with Crippen molar-refractivity contribution in [2.24, 2.45) is 0 Å². The van der Waals surface area contributed by atoms with Crippen LogP contribution in [0.4, 0.5) is 11.4 Å². The predicted octanol–water partition coefficient (Wildman–Crippen LogP) is 3.94. The van der Waals surface area contributed by atoms with E-state index in [1.54, 1.807) is 11.6 Å². The van der Waals surface area contributed by atoms with Crippen LogP contribution in [0, 0.1) is 13.8 Å². The number of anilines is 2. The summed E-state index contributed by atoms with van der Waals surface area (Å²) in [5.41, 5.74) is 2.27. The lowest BCUT2D eigenvalue weighted by molar-refractivity contribution is -0.119. The highest BCUT2D eigenvalue weighted by Gasteiger charge is 2.20. The van der Waals surface area contributed by atoms with Gasteiger partial charge in [-0.05, 0) is 63.2 Å². The molecule has 1 atom stereocenters. The summed E-state index contributed by atoms with van der Waals surface area (Å²) in [6, 6.07) is 11.1. The van der Waals surface area contributed by atoms with Crippen LogP contribution in [-0.4, -0.2) is 37.2 Å². The second kappa shape index (κ2) is 9.63. The summed E-state index contributed by atoms with van der Waals surface area (Å²) in [5, 5.41) is 7.20. The van der Waals surface area contributed by atoms with E-state index in [-0.39, 0.29) is 27.1 Å². The first-order chi connectivity index (χ1) is 15.5. The lowest BCUT2D eigenvalue weighted by Crippen LogP contribution is -2.25. The number of rotatable bonds is 7. The number of nitrogens with zero attached hydrogens (tertiary/aromatic N) is 2. The second-order valence-electron chi connectivity index (χ2n) is 7.36. The number of aryl methyl sites for hydroxylation is 2. The number of sulfonamides is 1. The van der Waals surface area contributed by atoms with Gasteiger partial charge in [0.05, 0.1) is 39.7 Å². The van der Waals surface area contributed by atoms with Gasteiger partial charge < -0.3 is 10.1 Å². The molecular weight excluding hydrogens is 468 g/mol. The molecule has 0 radical (unpaired) electrons. The summed E-state index contributed by atoms with van der Waals surface area (Å²) in [4.78, 5) is 24.2. The Morgan fingerprint density at radius 2 is 1.85 bits per heavy atom. The molecule has 2 aromatic carbocycles. The Bertz CT molecular complexity index is 1320. The van der Waals surface area contributed by atoms with E-state index in [4.69, 9.17) is 11.6 Å². The van der Waals surface area contributed by atoms with Crippen LogP contribution in [0.2, 0.25) is 5.02 Å². The average Bonchev–Trinajstić information content (AvgIpc) is 3.12. The number of nitrogens with one attached hydrogen (secondary N) is 2. The minimum atomic E-state index is -4.00. The molecule has 0 spiro atoms. The fourth-order valence-electron chi connectivity index (χ4n) is 3.19. The standard InChI is InChI=1S/C22H23ClN4O5S/c1-13-10-14(2)27(25-13)15(3)21(28)24-20-9-8-17(12-19(20)23)26-33(30,31)18-7-5-6-16(11-18)22(29)32-4/h5-12,15,26H,1-4H3,(H,24,28)/t15-/m1/s1. The van der Waals surface area contributed by atoms with Gasteiger partial charge in [0.2, 0.25) is 5.91 Å². The van der Waals surface area contributed by atoms with E-state index >= 15 is 0 Å². The van der Waals surface area contributed by atoms with Gasteiger partial charge in [-0.25, -0.2) is 13.2 Å². The molecule has 33 heavy (non-hydrogen) atoms. The highest BCUT2D eigenvalue weighted by molar-refractivity contribution is 7.92. The lowest BCUT2D eigenvalue weighted by atomic mass is 10.2. The Hall–Kier alpha value is -3.37. The number of hydrogen-bond acceptors (Lipinski definition) is 6. The normalized spacial score (nSPS) is 12.2. The molecule has 0 aliphatic carbocycles. The maximum Gasteiger partial charge on any atom is 0.337 e. The SMILES string of the molecule is COC(=O)c1cccc(S(=O)(=O)Nc2ccc(NC(=O)[C@@H](C)n3nc(C)cc3C)c(Cl)c2)c1. The molecule has 11 heteroatoms. The van der Waals surface area contributed by atoms with Gasteiger partial charge >= 0.3 is 5.97 Å². The number of benzene rings is 2. The quantitative estimate of drug-likeness (QED) is 0.484. The highest BCUT2D eigenvalue weighted by Crippen LogP contribution is 2.28. The molecule has 1 aromatic heterocycles. The van der Waals surface area contributed by atoms with Gasteiger partial charge in [0.15, 0.2) is 0 Å². The molecule has 0 saturated carbocycles. The summed E-state index contributed by atoms with van der Waals surface area (Å²) < 4.78 is 34.1. The van der Waals surface area contributed by atoms with Gasteiger partial charge in [-0.15, -0.1) is 0 Å². The van der Waals surface area contributed by atoms with Gasteiger partial charge in [-0.3, -0.25) is 14.2 Å².